The zero-order valence-electron chi connectivity index (χ0n) is 10.3. The Kier molecular flexibility index (Phi) is 3.42. The van der Waals surface area contributed by atoms with E-state index in [0.29, 0.717) is 5.92 Å². The number of nitrogens with one attached hydrogen (secondary N) is 1. The molecule has 0 bridgehead atoms. The largest absolute Gasteiger partial charge is 0.273 e. The van der Waals surface area contributed by atoms with E-state index in [2.05, 4.69) is 22.7 Å². The molecule has 96 valence electrons. The van der Waals surface area contributed by atoms with Crippen molar-refractivity contribution in [1.29, 1.82) is 0 Å². The summed E-state index contributed by atoms with van der Waals surface area (Å²) in [6, 6.07) is 12.1. The number of rotatable bonds is 4. The van der Waals surface area contributed by atoms with E-state index < -0.39 is 0 Å². The summed E-state index contributed by atoms with van der Waals surface area (Å²) in [4.78, 5) is 11.9. The lowest BCUT2D eigenvalue weighted by molar-refractivity contribution is -0.122. The lowest BCUT2D eigenvalue weighted by Crippen LogP contribution is -2.20. The van der Waals surface area contributed by atoms with Crippen molar-refractivity contribution < 1.29 is 4.79 Å². The molecule has 3 rings (SSSR count). The number of hydrogen-bond acceptors (Lipinski definition) is 3. The SMILES string of the molecule is O=C(N/N=C\c1ccsc1)[C@H]1C[C@H]1c1ccccc1. The number of hydrogen-bond donors (Lipinski definition) is 1. The van der Waals surface area contributed by atoms with Crippen LogP contribution in [0.3, 0.4) is 0 Å². The molecular formula is C15H14N2OS. The van der Waals surface area contributed by atoms with Crippen LogP contribution in [0, 0.1) is 5.92 Å². The van der Waals surface area contributed by atoms with E-state index in [1.165, 1.54) is 5.56 Å². The fraction of sp³-hybridized carbons (Fsp3) is 0.200. The van der Waals surface area contributed by atoms with Crippen molar-refractivity contribution >= 4 is 23.5 Å². The van der Waals surface area contributed by atoms with Gasteiger partial charge in [0.2, 0.25) is 5.91 Å². The van der Waals surface area contributed by atoms with Crippen LogP contribution in [-0.2, 0) is 4.79 Å². The molecule has 19 heavy (non-hydrogen) atoms. The van der Waals surface area contributed by atoms with E-state index in [4.69, 9.17) is 0 Å². The van der Waals surface area contributed by atoms with Crippen molar-refractivity contribution in [1.82, 2.24) is 5.43 Å². The van der Waals surface area contributed by atoms with Crippen molar-refractivity contribution in [2.45, 2.75) is 12.3 Å². The van der Waals surface area contributed by atoms with E-state index in [9.17, 15) is 4.79 Å². The Balaban J connectivity index is 1.53. The molecule has 3 nitrogen and oxygen atoms in total. The summed E-state index contributed by atoms with van der Waals surface area (Å²) < 4.78 is 0. The maximum atomic E-state index is 11.9. The second kappa shape index (κ2) is 5.36. The molecule has 0 unspecified atom stereocenters. The average molecular weight is 270 g/mol. The minimum Gasteiger partial charge on any atom is -0.273 e. The summed E-state index contributed by atoms with van der Waals surface area (Å²) in [5.74, 6) is 0.444. The van der Waals surface area contributed by atoms with Crippen molar-refractivity contribution in [2.75, 3.05) is 0 Å². The Morgan fingerprint density at radius 3 is 2.89 bits per heavy atom. The molecule has 1 heterocycles. The smallest absolute Gasteiger partial charge is 0.243 e. The van der Waals surface area contributed by atoms with Gasteiger partial charge in [0.25, 0.3) is 0 Å². The summed E-state index contributed by atoms with van der Waals surface area (Å²) in [6.07, 6.45) is 2.60. The summed E-state index contributed by atoms with van der Waals surface area (Å²) in [5, 5.41) is 7.95. The van der Waals surface area contributed by atoms with Crippen molar-refractivity contribution in [2.24, 2.45) is 11.0 Å². The van der Waals surface area contributed by atoms with E-state index in [0.717, 1.165) is 12.0 Å². The molecule has 2 aromatic rings. The van der Waals surface area contributed by atoms with Gasteiger partial charge in [0.05, 0.1) is 6.21 Å². The monoisotopic (exact) mass is 270 g/mol. The maximum Gasteiger partial charge on any atom is 0.243 e. The maximum absolute atomic E-state index is 11.9. The summed E-state index contributed by atoms with van der Waals surface area (Å²) in [6.45, 7) is 0. The molecule has 0 aliphatic heterocycles. The second-order valence-electron chi connectivity index (χ2n) is 4.65. The molecule has 1 fully saturated rings. The van der Waals surface area contributed by atoms with Crippen LogP contribution in [0.4, 0.5) is 0 Å². The molecule has 1 saturated carbocycles. The van der Waals surface area contributed by atoms with Gasteiger partial charge in [0.1, 0.15) is 0 Å². The van der Waals surface area contributed by atoms with Gasteiger partial charge in [-0.05, 0) is 34.7 Å². The summed E-state index contributed by atoms with van der Waals surface area (Å²) in [7, 11) is 0. The van der Waals surface area contributed by atoms with E-state index in [1.54, 1.807) is 17.6 Å². The molecule has 4 heteroatoms. The lowest BCUT2D eigenvalue weighted by atomic mass is 10.1. The first kappa shape index (κ1) is 12.1. The Bertz CT molecular complexity index is 577. The van der Waals surface area contributed by atoms with E-state index >= 15 is 0 Å². The number of carbonyl (C=O) groups is 1. The molecule has 0 spiro atoms. The van der Waals surface area contributed by atoms with Gasteiger partial charge in [-0.15, -0.1) is 0 Å². The van der Waals surface area contributed by atoms with Crippen molar-refractivity contribution in [3.05, 3.63) is 58.3 Å². The predicted molar refractivity (Wildman–Crippen MR) is 77.3 cm³/mol. The molecule has 1 aliphatic rings. The highest BCUT2D eigenvalue weighted by atomic mass is 32.1. The third-order valence-electron chi connectivity index (χ3n) is 3.29. The van der Waals surface area contributed by atoms with Crippen molar-refractivity contribution in [3.63, 3.8) is 0 Å². The topological polar surface area (TPSA) is 41.5 Å². The Morgan fingerprint density at radius 2 is 2.16 bits per heavy atom. The first-order chi connectivity index (χ1) is 9.34. The summed E-state index contributed by atoms with van der Waals surface area (Å²) >= 11 is 1.61. The van der Waals surface area contributed by atoms with Gasteiger partial charge in [-0.3, -0.25) is 4.79 Å². The fourth-order valence-corrected chi connectivity index (χ4v) is 2.77. The number of amides is 1. The normalized spacial score (nSPS) is 21.5. The molecule has 1 aromatic carbocycles. The van der Waals surface area contributed by atoms with Gasteiger partial charge >= 0.3 is 0 Å². The molecule has 0 radical (unpaired) electrons. The third kappa shape index (κ3) is 2.90. The summed E-state index contributed by atoms with van der Waals surface area (Å²) in [5.41, 5.74) is 4.87. The number of nitrogens with zero attached hydrogens (tertiary/aromatic N) is 1. The van der Waals surface area contributed by atoms with Gasteiger partial charge in [-0.2, -0.15) is 16.4 Å². The molecule has 1 aliphatic carbocycles. The predicted octanol–water partition coefficient (Wildman–Crippen LogP) is 3.00. The van der Waals surface area contributed by atoms with Crippen LogP contribution in [0.1, 0.15) is 23.5 Å². The molecule has 1 aromatic heterocycles. The molecule has 1 N–H and O–H groups in total. The van der Waals surface area contributed by atoms with Crippen LogP contribution in [0.25, 0.3) is 0 Å². The Labute approximate surface area is 116 Å². The lowest BCUT2D eigenvalue weighted by Gasteiger charge is -1.99. The Morgan fingerprint density at radius 1 is 1.32 bits per heavy atom. The Hall–Kier alpha value is -1.94. The van der Waals surface area contributed by atoms with Gasteiger partial charge in [-0.25, -0.2) is 5.43 Å². The highest BCUT2D eigenvalue weighted by Gasteiger charge is 2.43. The van der Waals surface area contributed by atoms with E-state index in [1.807, 2.05) is 35.0 Å². The number of thiophene rings is 1. The van der Waals surface area contributed by atoms with Gasteiger partial charge in [0.15, 0.2) is 0 Å². The fourth-order valence-electron chi connectivity index (χ4n) is 2.16. The quantitative estimate of drug-likeness (QED) is 0.673. The van der Waals surface area contributed by atoms with Gasteiger partial charge in [-0.1, -0.05) is 30.3 Å². The van der Waals surface area contributed by atoms with Crippen molar-refractivity contribution in [3.8, 4) is 0 Å². The first-order valence-electron chi connectivity index (χ1n) is 6.24. The number of carbonyl (C=O) groups excluding carboxylic acids is 1. The second-order valence-corrected chi connectivity index (χ2v) is 5.43. The molecular weight excluding hydrogens is 256 g/mol. The minimum absolute atomic E-state index is 0.0142. The van der Waals surface area contributed by atoms with Gasteiger partial charge < -0.3 is 0 Å². The molecule has 2 atom stereocenters. The van der Waals surface area contributed by atoms with Crippen LogP contribution < -0.4 is 5.43 Å². The van der Waals surface area contributed by atoms with Crippen LogP contribution in [0.15, 0.2) is 52.3 Å². The zero-order chi connectivity index (χ0) is 13.1. The van der Waals surface area contributed by atoms with E-state index in [-0.39, 0.29) is 11.8 Å². The average Bonchev–Trinajstić information content (AvgIpc) is 3.09. The van der Waals surface area contributed by atoms with Gasteiger partial charge in [0, 0.05) is 11.5 Å². The first-order valence-corrected chi connectivity index (χ1v) is 7.19. The zero-order valence-corrected chi connectivity index (χ0v) is 11.1. The number of benzene rings is 1. The van der Waals surface area contributed by atoms with Crippen LogP contribution in [-0.4, -0.2) is 12.1 Å². The minimum atomic E-state index is 0.0142. The van der Waals surface area contributed by atoms with Crippen LogP contribution in [0.2, 0.25) is 0 Å². The van der Waals surface area contributed by atoms with Crippen LogP contribution >= 0.6 is 11.3 Å². The van der Waals surface area contributed by atoms with Crippen LogP contribution in [0.5, 0.6) is 0 Å². The highest BCUT2D eigenvalue weighted by molar-refractivity contribution is 7.08. The molecule has 0 saturated heterocycles. The third-order valence-corrected chi connectivity index (χ3v) is 3.99. The highest BCUT2D eigenvalue weighted by Crippen LogP contribution is 2.47. The molecule has 1 amide bonds. The number of hydrazone groups is 1. The standard InChI is InChI=1S/C15H14N2OS/c18-15(17-16-9-11-6-7-19-10-11)14-8-13(14)12-4-2-1-3-5-12/h1-7,9-10,13-14H,8H2,(H,17,18)/b16-9-/t13-,14-/m0/s1.